The maximum atomic E-state index is 11.6. The van der Waals surface area contributed by atoms with Crippen molar-refractivity contribution in [3.8, 4) is 6.07 Å². The van der Waals surface area contributed by atoms with E-state index in [0.717, 1.165) is 19.4 Å². The Hall–Kier alpha value is -1.08. The number of rotatable bonds is 7. The van der Waals surface area contributed by atoms with Gasteiger partial charge in [-0.25, -0.2) is 0 Å². The molecule has 1 saturated carbocycles. The maximum absolute atomic E-state index is 11.6. The van der Waals surface area contributed by atoms with Gasteiger partial charge in [-0.1, -0.05) is 13.8 Å². The molecular formula is C12H21N3O. The van der Waals surface area contributed by atoms with Crippen molar-refractivity contribution >= 4 is 5.91 Å². The molecule has 0 heterocycles. The molecule has 1 fully saturated rings. The van der Waals surface area contributed by atoms with Gasteiger partial charge < -0.3 is 5.32 Å². The highest BCUT2D eigenvalue weighted by atomic mass is 16.2. The number of carbonyl (C=O) groups excluding carboxylic acids is 1. The first-order valence-electron chi connectivity index (χ1n) is 6.00. The van der Waals surface area contributed by atoms with Crippen LogP contribution in [0.1, 0.15) is 33.1 Å². The van der Waals surface area contributed by atoms with Crippen LogP contribution in [0.5, 0.6) is 0 Å². The summed E-state index contributed by atoms with van der Waals surface area (Å²) in [6.45, 7) is 6.24. The zero-order chi connectivity index (χ0) is 12.0. The maximum Gasteiger partial charge on any atom is 0.234 e. The lowest BCUT2D eigenvalue weighted by Gasteiger charge is -2.22. The van der Waals surface area contributed by atoms with Gasteiger partial charge in [-0.15, -0.1) is 0 Å². The van der Waals surface area contributed by atoms with Crippen LogP contribution >= 0.6 is 0 Å². The number of nitriles is 1. The largest absolute Gasteiger partial charge is 0.352 e. The Balaban J connectivity index is 2.28. The molecule has 0 aromatic rings. The highest BCUT2D eigenvalue weighted by Gasteiger charge is 2.24. The lowest BCUT2D eigenvalue weighted by atomic mass is 10.2. The molecule has 0 bridgehead atoms. The van der Waals surface area contributed by atoms with E-state index in [-0.39, 0.29) is 5.91 Å². The lowest BCUT2D eigenvalue weighted by Crippen LogP contribution is -2.40. The van der Waals surface area contributed by atoms with Gasteiger partial charge in [-0.2, -0.15) is 5.26 Å². The summed E-state index contributed by atoms with van der Waals surface area (Å²) in [5, 5.41) is 11.5. The first-order valence-corrected chi connectivity index (χ1v) is 6.00. The molecule has 1 aliphatic carbocycles. The fourth-order valence-corrected chi connectivity index (χ4v) is 1.66. The van der Waals surface area contributed by atoms with Crippen LogP contribution in [0.25, 0.3) is 0 Å². The minimum atomic E-state index is 0.0982. The quantitative estimate of drug-likeness (QED) is 0.704. The van der Waals surface area contributed by atoms with Crippen LogP contribution in [0.15, 0.2) is 0 Å². The summed E-state index contributed by atoms with van der Waals surface area (Å²) < 4.78 is 0. The summed E-state index contributed by atoms with van der Waals surface area (Å²) >= 11 is 0. The highest BCUT2D eigenvalue weighted by molar-refractivity contribution is 5.78. The molecule has 90 valence electrons. The SMILES string of the molecule is CC(C)CN(CCC#N)CC(=O)NC1CC1. The molecule has 4 heteroatoms. The van der Waals surface area contributed by atoms with Gasteiger partial charge in [0.25, 0.3) is 0 Å². The van der Waals surface area contributed by atoms with Crippen LogP contribution in [0, 0.1) is 17.2 Å². The Morgan fingerprint density at radius 2 is 2.25 bits per heavy atom. The molecule has 1 rings (SSSR count). The predicted molar refractivity (Wildman–Crippen MR) is 62.7 cm³/mol. The third-order valence-electron chi connectivity index (χ3n) is 2.47. The van der Waals surface area contributed by atoms with E-state index in [9.17, 15) is 4.79 Å². The van der Waals surface area contributed by atoms with Gasteiger partial charge in [0.15, 0.2) is 0 Å². The monoisotopic (exact) mass is 223 g/mol. The summed E-state index contributed by atoms with van der Waals surface area (Å²) in [5.74, 6) is 0.619. The Labute approximate surface area is 97.6 Å². The summed E-state index contributed by atoms with van der Waals surface area (Å²) in [5.41, 5.74) is 0. The number of nitrogens with one attached hydrogen (secondary N) is 1. The van der Waals surface area contributed by atoms with Crippen LogP contribution in [0.3, 0.4) is 0 Å². The third-order valence-corrected chi connectivity index (χ3v) is 2.47. The Morgan fingerprint density at radius 3 is 2.75 bits per heavy atom. The van der Waals surface area contributed by atoms with Crippen molar-refractivity contribution in [3.63, 3.8) is 0 Å². The fourth-order valence-electron chi connectivity index (χ4n) is 1.66. The predicted octanol–water partition coefficient (Wildman–Crippen LogP) is 1.14. The molecular weight excluding hydrogens is 202 g/mol. The third kappa shape index (κ3) is 5.72. The zero-order valence-corrected chi connectivity index (χ0v) is 10.2. The van der Waals surface area contributed by atoms with Crippen molar-refractivity contribution in [2.45, 2.75) is 39.2 Å². The number of nitrogens with zero attached hydrogens (tertiary/aromatic N) is 2. The molecule has 0 unspecified atom stereocenters. The molecule has 0 aliphatic heterocycles. The van der Waals surface area contributed by atoms with E-state index < -0.39 is 0 Å². The zero-order valence-electron chi connectivity index (χ0n) is 10.2. The van der Waals surface area contributed by atoms with Crippen LogP contribution in [-0.4, -0.2) is 36.5 Å². The smallest absolute Gasteiger partial charge is 0.234 e. The molecule has 1 amide bonds. The van der Waals surface area contributed by atoms with E-state index >= 15 is 0 Å². The van der Waals surface area contributed by atoms with E-state index in [1.807, 2.05) is 0 Å². The second-order valence-electron chi connectivity index (χ2n) is 4.88. The summed E-state index contributed by atoms with van der Waals surface area (Å²) in [6, 6.07) is 2.55. The Morgan fingerprint density at radius 1 is 1.56 bits per heavy atom. The van der Waals surface area contributed by atoms with Crippen molar-refractivity contribution < 1.29 is 4.79 Å². The second kappa shape index (κ2) is 6.49. The van der Waals surface area contributed by atoms with Crippen molar-refractivity contribution in [3.05, 3.63) is 0 Å². The molecule has 0 saturated heterocycles. The minimum absolute atomic E-state index is 0.0982. The van der Waals surface area contributed by atoms with Gasteiger partial charge in [-0.3, -0.25) is 9.69 Å². The van der Waals surface area contributed by atoms with E-state index in [1.165, 1.54) is 0 Å². The molecule has 1 aliphatic rings. The lowest BCUT2D eigenvalue weighted by molar-refractivity contribution is -0.122. The van der Waals surface area contributed by atoms with Crippen molar-refractivity contribution in [2.75, 3.05) is 19.6 Å². The van der Waals surface area contributed by atoms with E-state index in [0.29, 0.717) is 31.5 Å². The van der Waals surface area contributed by atoms with Crippen molar-refractivity contribution in [1.82, 2.24) is 10.2 Å². The van der Waals surface area contributed by atoms with Crippen molar-refractivity contribution in [2.24, 2.45) is 5.92 Å². The number of carbonyl (C=O) groups is 1. The standard InChI is InChI=1S/C12H21N3O/c1-10(2)8-15(7-3-6-13)9-12(16)14-11-4-5-11/h10-11H,3-5,7-9H2,1-2H3,(H,14,16). The number of amides is 1. The van der Waals surface area contributed by atoms with Gasteiger partial charge in [0.1, 0.15) is 0 Å². The first kappa shape index (κ1) is 13.0. The van der Waals surface area contributed by atoms with Gasteiger partial charge in [0.05, 0.1) is 12.6 Å². The first-order chi connectivity index (χ1) is 7.61. The van der Waals surface area contributed by atoms with Gasteiger partial charge >= 0.3 is 0 Å². The molecule has 0 atom stereocenters. The van der Waals surface area contributed by atoms with Crippen LogP contribution in [0.2, 0.25) is 0 Å². The van der Waals surface area contributed by atoms with E-state index in [4.69, 9.17) is 5.26 Å². The van der Waals surface area contributed by atoms with Crippen LogP contribution in [0.4, 0.5) is 0 Å². The van der Waals surface area contributed by atoms with Gasteiger partial charge in [0.2, 0.25) is 5.91 Å². The molecule has 4 nitrogen and oxygen atoms in total. The average Bonchev–Trinajstić information content (AvgIpc) is 2.96. The Kier molecular flexibility index (Phi) is 5.27. The second-order valence-corrected chi connectivity index (χ2v) is 4.88. The average molecular weight is 223 g/mol. The van der Waals surface area contributed by atoms with Gasteiger partial charge in [-0.05, 0) is 18.8 Å². The summed E-state index contributed by atoms with van der Waals surface area (Å²) in [6.07, 6.45) is 2.73. The molecule has 16 heavy (non-hydrogen) atoms. The number of hydrogen-bond donors (Lipinski definition) is 1. The highest BCUT2D eigenvalue weighted by Crippen LogP contribution is 2.18. The number of hydrogen-bond acceptors (Lipinski definition) is 3. The van der Waals surface area contributed by atoms with Crippen LogP contribution < -0.4 is 5.32 Å². The molecule has 0 radical (unpaired) electrons. The molecule has 1 N–H and O–H groups in total. The van der Waals surface area contributed by atoms with E-state index in [1.54, 1.807) is 0 Å². The fraction of sp³-hybridized carbons (Fsp3) is 0.833. The van der Waals surface area contributed by atoms with Gasteiger partial charge in [0, 0.05) is 25.6 Å². The van der Waals surface area contributed by atoms with Crippen LogP contribution in [-0.2, 0) is 4.79 Å². The van der Waals surface area contributed by atoms with E-state index in [2.05, 4.69) is 30.1 Å². The summed E-state index contributed by atoms with van der Waals surface area (Å²) in [7, 11) is 0. The minimum Gasteiger partial charge on any atom is -0.352 e. The van der Waals surface area contributed by atoms with Crippen molar-refractivity contribution in [1.29, 1.82) is 5.26 Å². The molecule has 0 aromatic heterocycles. The topological polar surface area (TPSA) is 56.1 Å². The normalized spacial score (nSPS) is 15.2. The Bertz CT molecular complexity index is 266. The summed E-state index contributed by atoms with van der Waals surface area (Å²) in [4.78, 5) is 13.7. The molecule has 0 aromatic carbocycles. The molecule has 0 spiro atoms.